The molecule has 0 bridgehead atoms. The lowest BCUT2D eigenvalue weighted by atomic mass is 10.2. The van der Waals surface area contributed by atoms with Crippen molar-refractivity contribution in [3.8, 4) is 11.5 Å². The topological polar surface area (TPSA) is 72.5 Å². The SMILES string of the molecule is Cc1c(OCC(F)(F)F)ccnc1COc1ccc(NC(=O)Nc2cc(F)cc(F)c2)cc1. The van der Waals surface area contributed by atoms with Gasteiger partial charge in [0.15, 0.2) is 6.61 Å². The maximum Gasteiger partial charge on any atom is 0.422 e. The quantitative estimate of drug-likeness (QED) is 0.429. The van der Waals surface area contributed by atoms with E-state index in [1.165, 1.54) is 24.4 Å². The number of carbonyl (C=O) groups excluding carboxylic acids is 1. The summed E-state index contributed by atoms with van der Waals surface area (Å²) in [6, 6.07) is 9.43. The second-order valence-electron chi connectivity index (χ2n) is 6.83. The minimum atomic E-state index is -4.45. The molecule has 0 atom stereocenters. The number of ether oxygens (including phenoxy) is 2. The normalized spacial score (nSPS) is 11.1. The Balaban J connectivity index is 1.55. The number of benzene rings is 2. The van der Waals surface area contributed by atoms with Gasteiger partial charge in [0.1, 0.15) is 29.7 Å². The number of nitrogens with one attached hydrogen (secondary N) is 2. The summed E-state index contributed by atoms with van der Waals surface area (Å²) in [4.78, 5) is 16.1. The Labute approximate surface area is 185 Å². The van der Waals surface area contributed by atoms with Gasteiger partial charge in [0.25, 0.3) is 0 Å². The molecular formula is C22H18F5N3O3. The molecule has 2 N–H and O–H groups in total. The highest BCUT2D eigenvalue weighted by Crippen LogP contribution is 2.24. The summed E-state index contributed by atoms with van der Waals surface area (Å²) in [6.45, 7) is 0.148. The first-order valence-electron chi connectivity index (χ1n) is 9.50. The van der Waals surface area contributed by atoms with Gasteiger partial charge in [0, 0.05) is 29.2 Å². The van der Waals surface area contributed by atoms with Crippen molar-refractivity contribution in [2.24, 2.45) is 0 Å². The first-order valence-corrected chi connectivity index (χ1v) is 9.50. The summed E-state index contributed by atoms with van der Waals surface area (Å²) in [5.74, 6) is -1.18. The average molecular weight is 467 g/mol. The lowest BCUT2D eigenvalue weighted by molar-refractivity contribution is -0.153. The number of pyridine rings is 1. The molecule has 3 aromatic rings. The summed E-state index contributed by atoms with van der Waals surface area (Å²) < 4.78 is 73.9. The van der Waals surface area contributed by atoms with Crippen molar-refractivity contribution in [2.75, 3.05) is 17.2 Å². The van der Waals surface area contributed by atoms with Gasteiger partial charge in [-0.05, 0) is 49.4 Å². The molecular weight excluding hydrogens is 449 g/mol. The van der Waals surface area contributed by atoms with Gasteiger partial charge in [0.2, 0.25) is 0 Å². The van der Waals surface area contributed by atoms with Crippen LogP contribution < -0.4 is 20.1 Å². The molecule has 11 heteroatoms. The van der Waals surface area contributed by atoms with Crippen molar-refractivity contribution < 1.29 is 36.2 Å². The van der Waals surface area contributed by atoms with Crippen LogP contribution in [0, 0.1) is 18.6 Å². The number of rotatable bonds is 7. The van der Waals surface area contributed by atoms with Gasteiger partial charge in [-0.25, -0.2) is 13.6 Å². The third-order valence-corrected chi connectivity index (χ3v) is 4.26. The van der Waals surface area contributed by atoms with Crippen molar-refractivity contribution in [1.82, 2.24) is 4.98 Å². The monoisotopic (exact) mass is 467 g/mol. The molecule has 2 aromatic carbocycles. The molecule has 0 saturated heterocycles. The summed E-state index contributed by atoms with van der Waals surface area (Å²) in [6.07, 6.45) is -3.12. The molecule has 1 aromatic heterocycles. The lowest BCUT2D eigenvalue weighted by Gasteiger charge is -2.14. The second-order valence-corrected chi connectivity index (χ2v) is 6.83. The fourth-order valence-corrected chi connectivity index (χ4v) is 2.73. The highest BCUT2D eigenvalue weighted by Gasteiger charge is 2.28. The van der Waals surface area contributed by atoms with Crippen LogP contribution in [0.3, 0.4) is 0 Å². The molecule has 0 radical (unpaired) electrons. The number of hydrogen-bond donors (Lipinski definition) is 2. The van der Waals surface area contributed by atoms with Crippen LogP contribution in [0.5, 0.6) is 11.5 Å². The zero-order chi connectivity index (χ0) is 24.0. The van der Waals surface area contributed by atoms with Gasteiger partial charge < -0.3 is 20.1 Å². The first kappa shape index (κ1) is 23.8. The number of amides is 2. The molecule has 0 unspecified atom stereocenters. The van der Waals surface area contributed by atoms with Crippen LogP contribution in [0.15, 0.2) is 54.7 Å². The molecule has 0 spiro atoms. The Bertz CT molecular complexity index is 1100. The van der Waals surface area contributed by atoms with Gasteiger partial charge in [-0.1, -0.05) is 0 Å². The van der Waals surface area contributed by atoms with Crippen LogP contribution in [0.2, 0.25) is 0 Å². The zero-order valence-corrected chi connectivity index (χ0v) is 17.2. The van der Waals surface area contributed by atoms with Gasteiger partial charge in [0.05, 0.1) is 5.69 Å². The second kappa shape index (κ2) is 10.2. The van der Waals surface area contributed by atoms with E-state index in [9.17, 15) is 26.7 Å². The van der Waals surface area contributed by atoms with Crippen molar-refractivity contribution in [3.05, 3.63) is 77.6 Å². The Morgan fingerprint density at radius 3 is 2.21 bits per heavy atom. The smallest absolute Gasteiger partial charge is 0.422 e. The molecule has 0 aliphatic rings. The van der Waals surface area contributed by atoms with E-state index in [0.717, 1.165) is 12.1 Å². The fourth-order valence-electron chi connectivity index (χ4n) is 2.73. The number of anilines is 2. The van der Waals surface area contributed by atoms with Gasteiger partial charge in [-0.2, -0.15) is 13.2 Å². The Kier molecular flexibility index (Phi) is 7.31. The molecule has 1 heterocycles. The molecule has 6 nitrogen and oxygen atoms in total. The van der Waals surface area contributed by atoms with Crippen molar-refractivity contribution in [1.29, 1.82) is 0 Å². The number of urea groups is 1. The maximum absolute atomic E-state index is 13.2. The van der Waals surface area contributed by atoms with Crippen LogP contribution in [0.1, 0.15) is 11.3 Å². The molecule has 0 saturated carbocycles. The molecule has 0 aliphatic heterocycles. The number of halogens is 5. The largest absolute Gasteiger partial charge is 0.487 e. The van der Waals surface area contributed by atoms with E-state index < -0.39 is 30.4 Å². The zero-order valence-electron chi connectivity index (χ0n) is 17.2. The molecule has 2 amide bonds. The highest BCUT2D eigenvalue weighted by molar-refractivity contribution is 5.99. The molecule has 33 heavy (non-hydrogen) atoms. The first-order chi connectivity index (χ1) is 15.6. The number of carbonyl (C=O) groups is 1. The number of nitrogens with zero attached hydrogens (tertiary/aromatic N) is 1. The predicted octanol–water partition coefficient (Wildman–Crippen LogP) is 5.83. The Morgan fingerprint density at radius 2 is 1.58 bits per heavy atom. The standard InChI is InChI=1S/C22H18F5N3O3/c1-13-19(28-7-6-20(13)33-12-22(25,26)27)11-32-18-4-2-16(3-5-18)29-21(31)30-17-9-14(23)8-15(24)10-17/h2-10H,11-12H2,1H3,(H2,29,30,31). The van der Waals surface area contributed by atoms with Crippen LogP contribution in [0.4, 0.5) is 38.1 Å². The molecule has 0 aliphatic carbocycles. The summed E-state index contributed by atoms with van der Waals surface area (Å²) in [5, 5.41) is 4.81. The highest BCUT2D eigenvalue weighted by atomic mass is 19.4. The third kappa shape index (κ3) is 7.34. The van der Waals surface area contributed by atoms with Gasteiger partial charge in [-0.3, -0.25) is 4.98 Å². The third-order valence-electron chi connectivity index (χ3n) is 4.26. The lowest BCUT2D eigenvalue weighted by Crippen LogP contribution is -2.20. The van der Waals surface area contributed by atoms with Crippen molar-refractivity contribution in [2.45, 2.75) is 19.7 Å². The van der Waals surface area contributed by atoms with E-state index in [-0.39, 0.29) is 18.0 Å². The van der Waals surface area contributed by atoms with Crippen LogP contribution in [-0.4, -0.2) is 23.8 Å². The van der Waals surface area contributed by atoms with E-state index in [0.29, 0.717) is 28.8 Å². The van der Waals surface area contributed by atoms with E-state index in [4.69, 9.17) is 9.47 Å². The summed E-state index contributed by atoms with van der Waals surface area (Å²) in [5.41, 5.74) is 1.16. The maximum atomic E-state index is 13.2. The van der Waals surface area contributed by atoms with E-state index >= 15 is 0 Å². The van der Waals surface area contributed by atoms with Crippen LogP contribution in [0.25, 0.3) is 0 Å². The van der Waals surface area contributed by atoms with E-state index in [1.54, 1.807) is 19.1 Å². The van der Waals surface area contributed by atoms with E-state index in [2.05, 4.69) is 15.6 Å². The van der Waals surface area contributed by atoms with Gasteiger partial charge >= 0.3 is 12.2 Å². The number of hydrogen-bond acceptors (Lipinski definition) is 4. The number of aromatic nitrogens is 1. The average Bonchev–Trinajstić information content (AvgIpc) is 2.71. The minimum Gasteiger partial charge on any atom is -0.487 e. The molecule has 3 rings (SSSR count). The summed E-state index contributed by atoms with van der Waals surface area (Å²) >= 11 is 0. The molecule has 174 valence electrons. The Hall–Kier alpha value is -3.89. The van der Waals surface area contributed by atoms with E-state index in [1.807, 2.05) is 0 Å². The molecule has 0 fully saturated rings. The summed E-state index contributed by atoms with van der Waals surface area (Å²) in [7, 11) is 0. The van der Waals surface area contributed by atoms with Gasteiger partial charge in [-0.15, -0.1) is 0 Å². The Morgan fingerprint density at radius 1 is 0.939 bits per heavy atom. The van der Waals surface area contributed by atoms with Crippen molar-refractivity contribution in [3.63, 3.8) is 0 Å². The van der Waals surface area contributed by atoms with Crippen LogP contribution >= 0.6 is 0 Å². The minimum absolute atomic E-state index is 0.0204. The number of alkyl halides is 3. The van der Waals surface area contributed by atoms with Crippen LogP contribution in [-0.2, 0) is 6.61 Å². The van der Waals surface area contributed by atoms with Crippen molar-refractivity contribution >= 4 is 17.4 Å². The predicted molar refractivity (Wildman–Crippen MR) is 110 cm³/mol. The fraction of sp³-hybridized carbons (Fsp3) is 0.182.